The van der Waals surface area contributed by atoms with E-state index >= 15 is 0 Å². The summed E-state index contributed by atoms with van der Waals surface area (Å²) in [4.78, 5) is 20.2. The van der Waals surface area contributed by atoms with Crippen LogP contribution in [0.3, 0.4) is 0 Å². The average Bonchev–Trinajstić information content (AvgIpc) is 3.09. The molecule has 3 aromatic rings. The van der Waals surface area contributed by atoms with Gasteiger partial charge in [-0.3, -0.25) is 9.78 Å². The summed E-state index contributed by atoms with van der Waals surface area (Å²) in [6, 6.07) is 13.3. The van der Waals surface area contributed by atoms with Gasteiger partial charge < -0.3 is 5.32 Å². The number of carbonyl (C=O) groups excluding carboxylic acids is 1. The smallest absolute Gasteiger partial charge is 0.251 e. The summed E-state index contributed by atoms with van der Waals surface area (Å²) in [5.41, 5.74) is 2.69. The van der Waals surface area contributed by atoms with Gasteiger partial charge in [-0.1, -0.05) is 18.2 Å². The fourth-order valence-corrected chi connectivity index (χ4v) is 2.22. The van der Waals surface area contributed by atoms with E-state index < -0.39 is 0 Å². The third kappa shape index (κ3) is 4.23. The molecule has 0 saturated carbocycles. The van der Waals surface area contributed by atoms with Gasteiger partial charge in [0, 0.05) is 30.4 Å². The second-order valence-electron chi connectivity index (χ2n) is 5.12. The Labute approximate surface area is 134 Å². The molecular formula is C17H17N5O. The van der Waals surface area contributed by atoms with Crippen LogP contribution in [0.15, 0.2) is 61.3 Å². The normalized spacial score (nSPS) is 10.4. The van der Waals surface area contributed by atoms with Gasteiger partial charge in [-0.2, -0.15) is 5.10 Å². The van der Waals surface area contributed by atoms with Crippen LogP contribution in [0.5, 0.6) is 0 Å². The topological polar surface area (TPSA) is 72.7 Å². The molecule has 0 spiro atoms. The molecule has 116 valence electrons. The second kappa shape index (κ2) is 7.31. The van der Waals surface area contributed by atoms with Gasteiger partial charge >= 0.3 is 0 Å². The maximum Gasteiger partial charge on any atom is 0.251 e. The van der Waals surface area contributed by atoms with Crippen LogP contribution in [-0.4, -0.2) is 32.2 Å². The zero-order valence-electron chi connectivity index (χ0n) is 12.6. The zero-order valence-corrected chi connectivity index (χ0v) is 12.6. The van der Waals surface area contributed by atoms with Crippen LogP contribution < -0.4 is 5.32 Å². The number of amides is 1. The number of nitrogens with zero attached hydrogens (tertiary/aromatic N) is 4. The van der Waals surface area contributed by atoms with Gasteiger partial charge in [0.15, 0.2) is 0 Å². The Morgan fingerprint density at radius 1 is 1.13 bits per heavy atom. The maximum absolute atomic E-state index is 12.1. The molecule has 3 rings (SSSR count). The molecule has 0 radical (unpaired) electrons. The molecule has 23 heavy (non-hydrogen) atoms. The molecule has 0 fully saturated rings. The van der Waals surface area contributed by atoms with Crippen LogP contribution in [-0.2, 0) is 13.0 Å². The van der Waals surface area contributed by atoms with Crippen molar-refractivity contribution in [3.05, 3.63) is 78.1 Å². The highest BCUT2D eigenvalue weighted by Gasteiger charge is 2.05. The van der Waals surface area contributed by atoms with Crippen molar-refractivity contribution in [2.75, 3.05) is 6.54 Å². The molecule has 0 unspecified atom stereocenters. The number of hydrogen-bond donors (Lipinski definition) is 1. The van der Waals surface area contributed by atoms with Crippen molar-refractivity contribution < 1.29 is 4.79 Å². The van der Waals surface area contributed by atoms with E-state index in [1.54, 1.807) is 17.2 Å². The molecule has 1 aromatic carbocycles. The largest absolute Gasteiger partial charge is 0.352 e. The highest BCUT2D eigenvalue weighted by Crippen LogP contribution is 2.06. The first kappa shape index (κ1) is 14.9. The summed E-state index contributed by atoms with van der Waals surface area (Å²) in [5.74, 6) is -0.0757. The van der Waals surface area contributed by atoms with Crippen molar-refractivity contribution in [1.29, 1.82) is 0 Å². The van der Waals surface area contributed by atoms with Gasteiger partial charge in [0.2, 0.25) is 0 Å². The molecule has 0 aliphatic heterocycles. The van der Waals surface area contributed by atoms with E-state index in [4.69, 9.17) is 0 Å². The number of pyridine rings is 1. The standard InChI is InChI=1S/C17H17N5O/c23-17(20-10-8-16-3-1-2-9-19-16)15-6-4-14(5-7-15)11-22-13-18-12-21-22/h1-7,9,12-13H,8,10-11H2,(H,20,23). The number of rotatable bonds is 6. The summed E-state index contributed by atoms with van der Waals surface area (Å²) in [5, 5.41) is 6.96. The summed E-state index contributed by atoms with van der Waals surface area (Å²) < 4.78 is 1.74. The molecule has 1 N–H and O–H groups in total. The van der Waals surface area contributed by atoms with Gasteiger partial charge in [-0.25, -0.2) is 9.67 Å². The van der Waals surface area contributed by atoms with E-state index in [0.717, 1.165) is 17.7 Å². The van der Waals surface area contributed by atoms with Gasteiger partial charge in [-0.05, 0) is 29.8 Å². The van der Waals surface area contributed by atoms with Crippen molar-refractivity contribution in [3.8, 4) is 0 Å². The van der Waals surface area contributed by atoms with E-state index in [9.17, 15) is 4.79 Å². The maximum atomic E-state index is 12.1. The molecule has 0 aliphatic rings. The Morgan fingerprint density at radius 2 is 2.00 bits per heavy atom. The lowest BCUT2D eigenvalue weighted by Gasteiger charge is -2.06. The molecule has 2 heterocycles. The van der Waals surface area contributed by atoms with Gasteiger partial charge in [0.1, 0.15) is 12.7 Å². The molecule has 0 saturated heterocycles. The Morgan fingerprint density at radius 3 is 2.70 bits per heavy atom. The van der Waals surface area contributed by atoms with Crippen molar-refractivity contribution in [2.24, 2.45) is 0 Å². The number of carbonyl (C=O) groups is 1. The van der Waals surface area contributed by atoms with E-state index in [-0.39, 0.29) is 5.91 Å². The van der Waals surface area contributed by atoms with Crippen molar-refractivity contribution >= 4 is 5.91 Å². The van der Waals surface area contributed by atoms with Crippen LogP contribution in [0.4, 0.5) is 0 Å². The van der Waals surface area contributed by atoms with Gasteiger partial charge in [0.05, 0.1) is 6.54 Å². The summed E-state index contributed by atoms with van der Waals surface area (Å²) in [6.07, 6.45) is 5.64. The number of aromatic nitrogens is 4. The van der Waals surface area contributed by atoms with Crippen LogP contribution in [0, 0.1) is 0 Å². The first-order valence-corrected chi connectivity index (χ1v) is 7.41. The SMILES string of the molecule is O=C(NCCc1ccccn1)c1ccc(Cn2cncn2)cc1. The highest BCUT2D eigenvalue weighted by molar-refractivity contribution is 5.94. The second-order valence-corrected chi connectivity index (χ2v) is 5.12. The minimum atomic E-state index is -0.0757. The minimum absolute atomic E-state index is 0.0757. The zero-order chi connectivity index (χ0) is 15.9. The third-order valence-corrected chi connectivity index (χ3v) is 3.42. The molecule has 6 nitrogen and oxygen atoms in total. The van der Waals surface area contributed by atoms with Crippen LogP contribution in [0.25, 0.3) is 0 Å². The van der Waals surface area contributed by atoms with E-state index in [0.29, 0.717) is 18.7 Å². The Kier molecular flexibility index (Phi) is 4.73. The fourth-order valence-electron chi connectivity index (χ4n) is 2.22. The predicted octanol–water partition coefficient (Wildman–Crippen LogP) is 1.69. The summed E-state index contributed by atoms with van der Waals surface area (Å²) in [7, 11) is 0. The first-order valence-electron chi connectivity index (χ1n) is 7.41. The Hall–Kier alpha value is -3.02. The molecular weight excluding hydrogens is 290 g/mol. The lowest BCUT2D eigenvalue weighted by Crippen LogP contribution is -2.25. The highest BCUT2D eigenvalue weighted by atomic mass is 16.1. The monoisotopic (exact) mass is 307 g/mol. The molecule has 0 atom stereocenters. The predicted molar refractivity (Wildman–Crippen MR) is 85.8 cm³/mol. The number of benzene rings is 1. The average molecular weight is 307 g/mol. The van der Waals surface area contributed by atoms with E-state index in [2.05, 4.69) is 20.4 Å². The molecule has 2 aromatic heterocycles. The number of hydrogen-bond acceptors (Lipinski definition) is 4. The minimum Gasteiger partial charge on any atom is -0.352 e. The third-order valence-electron chi connectivity index (χ3n) is 3.42. The molecule has 0 bridgehead atoms. The van der Waals surface area contributed by atoms with E-state index in [1.165, 1.54) is 6.33 Å². The summed E-state index contributed by atoms with van der Waals surface area (Å²) in [6.45, 7) is 1.21. The first-order chi connectivity index (χ1) is 11.3. The lowest BCUT2D eigenvalue weighted by atomic mass is 10.1. The van der Waals surface area contributed by atoms with Crippen molar-refractivity contribution in [2.45, 2.75) is 13.0 Å². The fraction of sp³-hybridized carbons (Fsp3) is 0.176. The van der Waals surface area contributed by atoms with Crippen LogP contribution in [0.2, 0.25) is 0 Å². The Bertz CT molecular complexity index is 738. The van der Waals surface area contributed by atoms with Gasteiger partial charge in [0.25, 0.3) is 5.91 Å². The van der Waals surface area contributed by atoms with E-state index in [1.807, 2.05) is 42.5 Å². The van der Waals surface area contributed by atoms with Gasteiger partial charge in [-0.15, -0.1) is 0 Å². The quantitative estimate of drug-likeness (QED) is 0.752. The van der Waals surface area contributed by atoms with Crippen molar-refractivity contribution in [1.82, 2.24) is 25.1 Å². The molecule has 0 aliphatic carbocycles. The van der Waals surface area contributed by atoms with Crippen LogP contribution >= 0.6 is 0 Å². The van der Waals surface area contributed by atoms with Crippen LogP contribution in [0.1, 0.15) is 21.6 Å². The molecule has 6 heteroatoms. The number of nitrogens with one attached hydrogen (secondary N) is 1. The molecule has 1 amide bonds. The lowest BCUT2D eigenvalue weighted by molar-refractivity contribution is 0.0954. The van der Waals surface area contributed by atoms with Crippen molar-refractivity contribution in [3.63, 3.8) is 0 Å². The Balaban J connectivity index is 1.51. The summed E-state index contributed by atoms with van der Waals surface area (Å²) >= 11 is 0.